The van der Waals surface area contributed by atoms with Crippen LogP contribution in [-0.4, -0.2) is 47.2 Å². The molecule has 2 heterocycles. The number of rotatable bonds is 7. The summed E-state index contributed by atoms with van der Waals surface area (Å²) in [6.45, 7) is 5.82. The van der Waals surface area contributed by atoms with Crippen LogP contribution < -0.4 is 5.73 Å². The van der Waals surface area contributed by atoms with Crippen LogP contribution in [0.3, 0.4) is 0 Å². The Kier molecular flexibility index (Phi) is 6.54. The Hall–Kier alpha value is -3.30. The maximum atomic E-state index is 13.7. The van der Waals surface area contributed by atoms with Crippen LogP contribution in [0.15, 0.2) is 52.1 Å². The van der Waals surface area contributed by atoms with Gasteiger partial charge in [-0.15, -0.1) is 0 Å². The summed E-state index contributed by atoms with van der Waals surface area (Å²) < 4.78 is 24.3. The lowest BCUT2D eigenvalue weighted by molar-refractivity contribution is 0.0342. The molecule has 0 unspecified atom stereocenters. The minimum atomic E-state index is -0.326. The molecule has 0 bridgehead atoms. The SMILES string of the molecule is Cc1ccc(-c2noc(CON=C(N)c3cccc(CN4CCOCC4)c3)n2)cc1F. The fourth-order valence-electron chi connectivity index (χ4n) is 3.22. The third-order valence-corrected chi connectivity index (χ3v) is 4.98. The highest BCUT2D eigenvalue weighted by Gasteiger charge is 2.12. The zero-order valence-electron chi connectivity index (χ0n) is 17.3. The fraction of sp³-hybridized carbons (Fsp3) is 0.318. The highest BCUT2D eigenvalue weighted by Crippen LogP contribution is 2.19. The Morgan fingerprint density at radius 2 is 2.06 bits per heavy atom. The Morgan fingerprint density at radius 1 is 1.23 bits per heavy atom. The number of nitrogens with zero attached hydrogens (tertiary/aromatic N) is 4. The summed E-state index contributed by atoms with van der Waals surface area (Å²) in [4.78, 5) is 11.8. The minimum absolute atomic E-state index is 0.0461. The predicted molar refractivity (Wildman–Crippen MR) is 112 cm³/mol. The van der Waals surface area contributed by atoms with E-state index >= 15 is 0 Å². The van der Waals surface area contributed by atoms with Gasteiger partial charge in [-0.25, -0.2) is 4.39 Å². The number of aromatic nitrogens is 2. The summed E-state index contributed by atoms with van der Waals surface area (Å²) in [5.41, 5.74) is 9.06. The lowest BCUT2D eigenvalue weighted by Gasteiger charge is -2.26. The first-order valence-electron chi connectivity index (χ1n) is 10.0. The molecule has 0 atom stereocenters. The number of hydrogen-bond donors (Lipinski definition) is 1. The zero-order chi connectivity index (χ0) is 21.6. The summed E-state index contributed by atoms with van der Waals surface area (Å²) in [7, 11) is 0. The number of oxime groups is 1. The van der Waals surface area contributed by atoms with Gasteiger partial charge in [0.05, 0.1) is 13.2 Å². The topological polar surface area (TPSA) is 99.0 Å². The summed E-state index contributed by atoms with van der Waals surface area (Å²) in [5, 5.41) is 7.81. The maximum Gasteiger partial charge on any atom is 0.267 e. The largest absolute Gasteiger partial charge is 0.384 e. The van der Waals surface area contributed by atoms with E-state index in [2.05, 4.69) is 26.3 Å². The van der Waals surface area contributed by atoms with Gasteiger partial charge < -0.3 is 19.8 Å². The molecule has 3 aromatic rings. The van der Waals surface area contributed by atoms with Crippen molar-refractivity contribution in [3.8, 4) is 11.4 Å². The smallest absolute Gasteiger partial charge is 0.267 e. The molecule has 0 spiro atoms. The Morgan fingerprint density at radius 3 is 2.87 bits per heavy atom. The number of halogens is 1. The van der Waals surface area contributed by atoms with Crippen molar-refractivity contribution in [3.63, 3.8) is 0 Å². The average Bonchev–Trinajstić information content (AvgIpc) is 3.25. The number of ether oxygens (including phenoxy) is 1. The van der Waals surface area contributed by atoms with Crippen molar-refractivity contribution in [2.75, 3.05) is 26.3 Å². The van der Waals surface area contributed by atoms with Gasteiger partial charge in [-0.2, -0.15) is 4.98 Å². The van der Waals surface area contributed by atoms with Crippen LogP contribution in [0, 0.1) is 12.7 Å². The number of morpholine rings is 1. The van der Waals surface area contributed by atoms with Gasteiger partial charge in [0.1, 0.15) is 5.82 Å². The van der Waals surface area contributed by atoms with Gasteiger partial charge in [0.25, 0.3) is 5.89 Å². The van der Waals surface area contributed by atoms with Crippen molar-refractivity contribution in [2.45, 2.75) is 20.1 Å². The van der Waals surface area contributed by atoms with Crippen LogP contribution in [0.2, 0.25) is 0 Å². The second-order valence-corrected chi connectivity index (χ2v) is 7.31. The van der Waals surface area contributed by atoms with Crippen LogP contribution in [-0.2, 0) is 22.7 Å². The minimum Gasteiger partial charge on any atom is -0.384 e. The van der Waals surface area contributed by atoms with E-state index in [9.17, 15) is 4.39 Å². The fourth-order valence-corrected chi connectivity index (χ4v) is 3.22. The quantitative estimate of drug-likeness (QED) is 0.353. The highest BCUT2D eigenvalue weighted by molar-refractivity contribution is 5.97. The molecular weight excluding hydrogens is 401 g/mol. The third-order valence-electron chi connectivity index (χ3n) is 4.98. The van der Waals surface area contributed by atoms with E-state index in [4.69, 9.17) is 19.8 Å². The van der Waals surface area contributed by atoms with Crippen molar-refractivity contribution in [3.05, 3.63) is 70.9 Å². The van der Waals surface area contributed by atoms with E-state index in [1.165, 1.54) is 6.07 Å². The molecular formula is C22H24FN5O3. The van der Waals surface area contributed by atoms with Gasteiger partial charge in [0.15, 0.2) is 12.4 Å². The van der Waals surface area contributed by atoms with Gasteiger partial charge in [-0.3, -0.25) is 4.90 Å². The summed E-state index contributed by atoms with van der Waals surface area (Å²) in [6.07, 6.45) is 0. The average molecular weight is 425 g/mol. The molecule has 4 rings (SSSR count). The van der Waals surface area contributed by atoms with Crippen molar-refractivity contribution in [1.82, 2.24) is 15.0 Å². The zero-order valence-corrected chi connectivity index (χ0v) is 17.3. The van der Waals surface area contributed by atoms with E-state index in [0.29, 0.717) is 11.1 Å². The van der Waals surface area contributed by atoms with Crippen molar-refractivity contribution in [1.29, 1.82) is 0 Å². The van der Waals surface area contributed by atoms with E-state index in [0.717, 1.165) is 44.0 Å². The Balaban J connectivity index is 1.35. The van der Waals surface area contributed by atoms with Crippen LogP contribution in [0.1, 0.15) is 22.6 Å². The first kappa shape index (κ1) is 21.0. The molecule has 31 heavy (non-hydrogen) atoms. The molecule has 0 amide bonds. The van der Waals surface area contributed by atoms with Gasteiger partial charge in [0.2, 0.25) is 5.82 Å². The van der Waals surface area contributed by atoms with Crippen LogP contribution in [0.5, 0.6) is 0 Å². The molecule has 0 radical (unpaired) electrons. The monoisotopic (exact) mass is 425 g/mol. The van der Waals surface area contributed by atoms with E-state index in [-0.39, 0.29) is 30.0 Å². The van der Waals surface area contributed by atoms with Crippen molar-refractivity contribution in [2.24, 2.45) is 10.9 Å². The van der Waals surface area contributed by atoms with Crippen LogP contribution in [0.4, 0.5) is 4.39 Å². The first-order chi connectivity index (χ1) is 15.1. The van der Waals surface area contributed by atoms with Crippen molar-refractivity contribution >= 4 is 5.84 Å². The third kappa shape index (κ3) is 5.44. The summed E-state index contributed by atoms with van der Waals surface area (Å²) in [6, 6.07) is 12.6. The van der Waals surface area contributed by atoms with Crippen LogP contribution >= 0.6 is 0 Å². The second kappa shape index (κ2) is 9.67. The molecule has 1 aliphatic heterocycles. The number of aryl methyl sites for hydroxylation is 1. The molecule has 0 saturated carbocycles. The molecule has 8 nitrogen and oxygen atoms in total. The summed E-state index contributed by atoms with van der Waals surface area (Å²) in [5.74, 6) is 0.427. The number of amidine groups is 1. The van der Waals surface area contributed by atoms with Gasteiger partial charge in [0, 0.05) is 30.8 Å². The molecule has 162 valence electrons. The first-order valence-corrected chi connectivity index (χ1v) is 10.0. The lowest BCUT2D eigenvalue weighted by Crippen LogP contribution is -2.35. The summed E-state index contributed by atoms with van der Waals surface area (Å²) >= 11 is 0. The molecule has 2 aromatic carbocycles. The van der Waals surface area contributed by atoms with E-state index in [1.54, 1.807) is 19.1 Å². The van der Waals surface area contributed by atoms with E-state index in [1.807, 2.05) is 18.2 Å². The molecule has 9 heteroatoms. The van der Waals surface area contributed by atoms with Crippen molar-refractivity contribution < 1.29 is 18.5 Å². The predicted octanol–water partition coefficient (Wildman–Crippen LogP) is 2.85. The van der Waals surface area contributed by atoms with Gasteiger partial charge in [-0.05, 0) is 30.2 Å². The lowest BCUT2D eigenvalue weighted by atomic mass is 10.1. The number of hydrogen-bond acceptors (Lipinski definition) is 7. The van der Waals surface area contributed by atoms with Gasteiger partial charge >= 0.3 is 0 Å². The number of nitrogens with two attached hydrogens (primary N) is 1. The molecule has 1 aliphatic rings. The Bertz CT molecular complexity index is 1060. The standard InChI is InChI=1S/C22H24FN5O3/c1-15-5-6-18(12-19(15)23)22-25-20(31-27-22)14-30-26-21(24)17-4-2-3-16(11-17)13-28-7-9-29-10-8-28/h2-6,11-12H,7-10,13-14H2,1H3,(H2,24,26). The maximum absolute atomic E-state index is 13.7. The molecule has 0 aliphatic carbocycles. The molecule has 1 aromatic heterocycles. The molecule has 1 fully saturated rings. The highest BCUT2D eigenvalue weighted by atomic mass is 19.1. The second-order valence-electron chi connectivity index (χ2n) is 7.31. The molecule has 2 N–H and O–H groups in total. The van der Waals surface area contributed by atoms with Crippen LogP contribution in [0.25, 0.3) is 11.4 Å². The van der Waals surface area contributed by atoms with Gasteiger partial charge in [-0.1, -0.05) is 40.6 Å². The Labute approximate surface area is 179 Å². The normalized spacial score (nSPS) is 15.2. The van der Waals surface area contributed by atoms with E-state index < -0.39 is 0 Å². The molecule has 1 saturated heterocycles. The number of benzene rings is 2.